The maximum Gasteiger partial charge on any atom is 0.326 e. The van der Waals surface area contributed by atoms with E-state index in [4.69, 9.17) is 9.52 Å². The molecule has 1 aromatic heterocycles. The Labute approximate surface area is 106 Å². The number of hydrogen-bond donors (Lipinski definition) is 2. The third-order valence-corrected chi connectivity index (χ3v) is 2.60. The Morgan fingerprint density at radius 3 is 2.56 bits per heavy atom. The predicted octanol–water partition coefficient (Wildman–Crippen LogP) is 1.83. The van der Waals surface area contributed by atoms with Crippen molar-refractivity contribution in [1.82, 2.24) is 5.32 Å². The molecule has 2 N–H and O–H groups in total. The lowest BCUT2D eigenvalue weighted by molar-refractivity contribution is -0.144. The van der Waals surface area contributed by atoms with Gasteiger partial charge in [0.15, 0.2) is 0 Å². The first kappa shape index (κ1) is 14.3. The number of furan rings is 1. The van der Waals surface area contributed by atoms with E-state index >= 15 is 0 Å². The van der Waals surface area contributed by atoms with E-state index < -0.39 is 17.4 Å². The van der Waals surface area contributed by atoms with Crippen LogP contribution in [-0.4, -0.2) is 23.0 Å². The number of amides is 1. The Bertz CT molecular complexity index is 403. The summed E-state index contributed by atoms with van der Waals surface area (Å²) in [5.41, 5.74) is -0.522. The van der Waals surface area contributed by atoms with Gasteiger partial charge in [-0.1, -0.05) is 20.8 Å². The van der Waals surface area contributed by atoms with Crippen molar-refractivity contribution in [3.8, 4) is 0 Å². The lowest BCUT2D eigenvalue weighted by Gasteiger charge is -2.27. The van der Waals surface area contributed by atoms with Crippen molar-refractivity contribution in [2.75, 3.05) is 0 Å². The number of rotatable bonds is 5. The molecule has 0 aliphatic heterocycles. The first-order chi connectivity index (χ1) is 8.30. The molecule has 1 rings (SSSR count). The summed E-state index contributed by atoms with van der Waals surface area (Å²) in [6.07, 6.45) is 2.23. The molecular formula is C13H19NO4. The summed E-state index contributed by atoms with van der Waals surface area (Å²) in [6.45, 7) is 5.33. The standard InChI is InChI=1S/C13H19NO4/c1-13(2,3)11(12(16)17)14-10(15)7-6-9-5-4-8-18-9/h4-5,8,11H,6-7H2,1-3H3,(H,14,15)(H,16,17)/t11-/m1/s1. The van der Waals surface area contributed by atoms with Crippen molar-refractivity contribution in [3.05, 3.63) is 24.2 Å². The van der Waals surface area contributed by atoms with Crippen LogP contribution >= 0.6 is 0 Å². The SMILES string of the molecule is CC(C)(C)[C@H](NC(=O)CCc1ccco1)C(=O)O. The maximum absolute atomic E-state index is 11.7. The molecule has 0 saturated carbocycles. The molecule has 0 aromatic carbocycles. The van der Waals surface area contributed by atoms with Gasteiger partial charge in [0.05, 0.1) is 6.26 Å². The normalized spacial score (nSPS) is 13.1. The van der Waals surface area contributed by atoms with Crippen LogP contribution in [0.15, 0.2) is 22.8 Å². The van der Waals surface area contributed by atoms with E-state index in [9.17, 15) is 9.59 Å². The summed E-state index contributed by atoms with van der Waals surface area (Å²) in [6, 6.07) is 2.65. The second-order valence-electron chi connectivity index (χ2n) is 5.28. The summed E-state index contributed by atoms with van der Waals surface area (Å²) < 4.78 is 5.11. The number of nitrogens with one attached hydrogen (secondary N) is 1. The van der Waals surface area contributed by atoms with Crippen molar-refractivity contribution in [2.45, 2.75) is 39.7 Å². The predicted molar refractivity (Wildman–Crippen MR) is 66.1 cm³/mol. The van der Waals surface area contributed by atoms with Crippen LogP contribution in [-0.2, 0) is 16.0 Å². The van der Waals surface area contributed by atoms with Gasteiger partial charge in [-0.25, -0.2) is 4.79 Å². The van der Waals surface area contributed by atoms with Crippen molar-refractivity contribution >= 4 is 11.9 Å². The summed E-state index contributed by atoms with van der Waals surface area (Å²) in [7, 11) is 0. The first-order valence-corrected chi connectivity index (χ1v) is 5.85. The number of aryl methyl sites for hydroxylation is 1. The molecule has 0 saturated heterocycles. The fourth-order valence-electron chi connectivity index (χ4n) is 1.57. The monoisotopic (exact) mass is 253 g/mol. The molecule has 100 valence electrons. The summed E-state index contributed by atoms with van der Waals surface area (Å²) in [5.74, 6) is -0.588. The molecule has 0 bridgehead atoms. The van der Waals surface area contributed by atoms with E-state index in [1.807, 2.05) is 0 Å². The van der Waals surface area contributed by atoms with Crippen LogP contribution in [0.25, 0.3) is 0 Å². The highest BCUT2D eigenvalue weighted by molar-refractivity contribution is 5.84. The third kappa shape index (κ3) is 4.24. The van der Waals surface area contributed by atoms with Crippen LogP contribution in [0.3, 0.4) is 0 Å². The topological polar surface area (TPSA) is 79.5 Å². The minimum atomic E-state index is -1.02. The zero-order valence-corrected chi connectivity index (χ0v) is 10.9. The van der Waals surface area contributed by atoms with Gasteiger partial charge in [0, 0.05) is 12.8 Å². The molecule has 1 amide bonds. The smallest absolute Gasteiger partial charge is 0.326 e. The highest BCUT2D eigenvalue weighted by Gasteiger charge is 2.32. The largest absolute Gasteiger partial charge is 0.480 e. The van der Waals surface area contributed by atoms with Gasteiger partial charge >= 0.3 is 5.97 Å². The number of carboxylic acid groups (broad SMARTS) is 1. The average Bonchev–Trinajstić information content (AvgIpc) is 2.73. The molecule has 1 heterocycles. The fourth-order valence-corrected chi connectivity index (χ4v) is 1.57. The van der Waals surface area contributed by atoms with Gasteiger partial charge in [0.2, 0.25) is 5.91 Å². The van der Waals surface area contributed by atoms with Gasteiger partial charge in [-0.2, -0.15) is 0 Å². The Kier molecular flexibility index (Phi) is 4.53. The van der Waals surface area contributed by atoms with Crippen LogP contribution in [0.1, 0.15) is 33.0 Å². The van der Waals surface area contributed by atoms with E-state index in [2.05, 4.69) is 5.32 Å². The molecule has 0 spiro atoms. The van der Waals surface area contributed by atoms with Gasteiger partial charge in [0.25, 0.3) is 0 Å². The van der Waals surface area contributed by atoms with Crippen LogP contribution < -0.4 is 5.32 Å². The van der Waals surface area contributed by atoms with E-state index in [0.717, 1.165) is 0 Å². The summed E-state index contributed by atoms with van der Waals surface area (Å²) in [4.78, 5) is 22.8. The Balaban J connectivity index is 2.49. The van der Waals surface area contributed by atoms with E-state index in [-0.39, 0.29) is 12.3 Å². The number of hydrogen-bond acceptors (Lipinski definition) is 3. The lowest BCUT2D eigenvalue weighted by Crippen LogP contribution is -2.49. The highest BCUT2D eigenvalue weighted by atomic mass is 16.4. The Morgan fingerprint density at radius 2 is 2.11 bits per heavy atom. The molecule has 0 fully saturated rings. The number of carboxylic acids is 1. The van der Waals surface area contributed by atoms with Gasteiger partial charge in [-0.3, -0.25) is 4.79 Å². The average molecular weight is 253 g/mol. The number of carbonyl (C=O) groups is 2. The molecule has 5 nitrogen and oxygen atoms in total. The molecule has 1 aromatic rings. The molecule has 0 aliphatic carbocycles. The van der Waals surface area contributed by atoms with Gasteiger partial charge in [-0.15, -0.1) is 0 Å². The van der Waals surface area contributed by atoms with Crippen LogP contribution in [0.5, 0.6) is 0 Å². The lowest BCUT2D eigenvalue weighted by atomic mass is 9.86. The summed E-state index contributed by atoms with van der Waals surface area (Å²) >= 11 is 0. The minimum absolute atomic E-state index is 0.216. The third-order valence-electron chi connectivity index (χ3n) is 2.60. The molecule has 0 unspecified atom stereocenters. The maximum atomic E-state index is 11.7. The van der Waals surface area contributed by atoms with Crippen molar-refractivity contribution in [2.24, 2.45) is 5.41 Å². The van der Waals surface area contributed by atoms with Crippen LogP contribution in [0.2, 0.25) is 0 Å². The molecule has 0 aliphatic rings. The van der Waals surface area contributed by atoms with Crippen LogP contribution in [0, 0.1) is 5.41 Å². The second-order valence-corrected chi connectivity index (χ2v) is 5.28. The molecule has 1 atom stereocenters. The minimum Gasteiger partial charge on any atom is -0.480 e. The van der Waals surface area contributed by atoms with Crippen molar-refractivity contribution in [3.63, 3.8) is 0 Å². The summed E-state index contributed by atoms with van der Waals surface area (Å²) in [5, 5.41) is 11.6. The van der Waals surface area contributed by atoms with Gasteiger partial charge < -0.3 is 14.8 Å². The zero-order chi connectivity index (χ0) is 13.8. The Hall–Kier alpha value is -1.78. The molecule has 5 heteroatoms. The Morgan fingerprint density at radius 1 is 1.44 bits per heavy atom. The van der Waals surface area contributed by atoms with Crippen molar-refractivity contribution < 1.29 is 19.1 Å². The number of aliphatic carboxylic acids is 1. The second kappa shape index (κ2) is 5.71. The highest BCUT2D eigenvalue weighted by Crippen LogP contribution is 2.19. The van der Waals surface area contributed by atoms with Crippen LogP contribution in [0.4, 0.5) is 0 Å². The molecule has 0 radical (unpaired) electrons. The van der Waals surface area contributed by atoms with Gasteiger partial charge in [-0.05, 0) is 17.5 Å². The van der Waals surface area contributed by atoms with Gasteiger partial charge in [0.1, 0.15) is 11.8 Å². The van der Waals surface area contributed by atoms with Crippen molar-refractivity contribution in [1.29, 1.82) is 0 Å². The van der Waals surface area contributed by atoms with E-state index in [1.54, 1.807) is 39.2 Å². The zero-order valence-electron chi connectivity index (χ0n) is 10.9. The molecular weight excluding hydrogens is 234 g/mol. The first-order valence-electron chi connectivity index (χ1n) is 5.85. The number of carbonyl (C=O) groups excluding carboxylic acids is 1. The van der Waals surface area contributed by atoms with E-state index in [0.29, 0.717) is 12.2 Å². The quantitative estimate of drug-likeness (QED) is 0.839. The van der Waals surface area contributed by atoms with E-state index in [1.165, 1.54) is 0 Å². The molecule has 18 heavy (non-hydrogen) atoms. The fraction of sp³-hybridized carbons (Fsp3) is 0.538.